The topological polar surface area (TPSA) is 68.0 Å². The van der Waals surface area contributed by atoms with E-state index in [0.29, 0.717) is 22.1 Å². The fraction of sp³-hybridized carbons (Fsp3) is 0.0769. The number of halogens is 1. The third-order valence-corrected chi connectivity index (χ3v) is 2.56. The lowest BCUT2D eigenvalue weighted by Crippen LogP contribution is -2.13. The van der Waals surface area contributed by atoms with Gasteiger partial charge in [0, 0.05) is 22.5 Å². The first kappa shape index (κ1) is 12.4. The summed E-state index contributed by atoms with van der Waals surface area (Å²) in [6, 6.07) is 8.35. The van der Waals surface area contributed by atoms with Gasteiger partial charge in [0.25, 0.3) is 5.91 Å². The van der Waals surface area contributed by atoms with Gasteiger partial charge in [-0.1, -0.05) is 11.6 Å². The number of hydrogen-bond acceptors (Lipinski definition) is 3. The fourth-order valence-electron chi connectivity index (χ4n) is 1.54. The summed E-state index contributed by atoms with van der Waals surface area (Å²) in [7, 11) is 0. The van der Waals surface area contributed by atoms with Gasteiger partial charge < -0.3 is 11.1 Å². The summed E-state index contributed by atoms with van der Waals surface area (Å²) >= 11 is 5.85. The minimum absolute atomic E-state index is 0.290. The fourth-order valence-corrected chi connectivity index (χ4v) is 1.78. The molecular weight excluding hydrogens is 250 g/mol. The van der Waals surface area contributed by atoms with Gasteiger partial charge in [-0.3, -0.25) is 4.79 Å². The lowest BCUT2D eigenvalue weighted by Gasteiger charge is -2.06. The van der Waals surface area contributed by atoms with Gasteiger partial charge in [0.2, 0.25) is 0 Å². The lowest BCUT2D eigenvalue weighted by atomic mass is 10.2. The average molecular weight is 262 g/mol. The molecule has 3 N–H and O–H groups in total. The van der Waals surface area contributed by atoms with Crippen LogP contribution in [0.3, 0.4) is 0 Å². The van der Waals surface area contributed by atoms with Gasteiger partial charge in [-0.05, 0) is 42.8 Å². The van der Waals surface area contributed by atoms with Crippen molar-refractivity contribution in [1.82, 2.24) is 4.98 Å². The maximum Gasteiger partial charge on any atom is 0.256 e. The number of aryl methyl sites for hydroxylation is 1. The van der Waals surface area contributed by atoms with Gasteiger partial charge in [0.05, 0.1) is 0 Å². The second-order valence-electron chi connectivity index (χ2n) is 3.95. The smallest absolute Gasteiger partial charge is 0.256 e. The molecule has 1 amide bonds. The molecule has 2 rings (SSSR count). The Labute approximate surface area is 110 Å². The highest BCUT2D eigenvalue weighted by molar-refractivity contribution is 6.31. The molecule has 0 aliphatic rings. The Balaban J connectivity index is 2.22. The zero-order valence-corrected chi connectivity index (χ0v) is 10.5. The number of carbonyl (C=O) groups excluding carboxylic acids is 1. The quantitative estimate of drug-likeness (QED) is 0.817. The van der Waals surface area contributed by atoms with Crippen LogP contribution in [0.1, 0.15) is 15.9 Å². The molecule has 0 fully saturated rings. The van der Waals surface area contributed by atoms with Crippen LogP contribution in [0.2, 0.25) is 5.02 Å². The van der Waals surface area contributed by atoms with Crippen molar-refractivity contribution in [1.29, 1.82) is 0 Å². The number of nitrogens with zero attached hydrogens (tertiary/aromatic N) is 1. The van der Waals surface area contributed by atoms with Crippen molar-refractivity contribution in [2.45, 2.75) is 6.92 Å². The molecule has 0 saturated carbocycles. The zero-order valence-electron chi connectivity index (χ0n) is 9.77. The van der Waals surface area contributed by atoms with Crippen molar-refractivity contribution >= 4 is 29.0 Å². The number of nitrogen functional groups attached to an aromatic ring is 1. The molecule has 18 heavy (non-hydrogen) atoms. The first-order valence-electron chi connectivity index (χ1n) is 5.34. The number of rotatable bonds is 2. The van der Waals surface area contributed by atoms with Crippen LogP contribution < -0.4 is 11.1 Å². The van der Waals surface area contributed by atoms with Crippen molar-refractivity contribution < 1.29 is 4.79 Å². The van der Waals surface area contributed by atoms with E-state index in [1.165, 1.54) is 0 Å². The summed E-state index contributed by atoms with van der Waals surface area (Å²) in [6.45, 7) is 1.93. The molecule has 0 radical (unpaired) electrons. The molecule has 0 saturated heterocycles. The number of benzene rings is 1. The second kappa shape index (κ2) is 5.06. The monoisotopic (exact) mass is 261 g/mol. The van der Waals surface area contributed by atoms with Crippen molar-refractivity contribution in [3.8, 4) is 0 Å². The summed E-state index contributed by atoms with van der Waals surface area (Å²) in [6.07, 6.45) is 1.64. The highest BCUT2D eigenvalue weighted by atomic mass is 35.5. The Morgan fingerprint density at radius 2 is 2.11 bits per heavy atom. The summed E-state index contributed by atoms with van der Waals surface area (Å²) in [5.74, 6) is 0.209. The molecule has 0 aliphatic heterocycles. The number of amides is 1. The largest absolute Gasteiger partial charge is 0.399 e. The first-order chi connectivity index (χ1) is 8.54. The van der Waals surface area contributed by atoms with E-state index in [1.807, 2.05) is 13.0 Å². The summed E-state index contributed by atoms with van der Waals surface area (Å²) < 4.78 is 0. The van der Waals surface area contributed by atoms with Crippen LogP contribution >= 0.6 is 11.6 Å². The van der Waals surface area contributed by atoms with Gasteiger partial charge in [-0.2, -0.15) is 0 Å². The van der Waals surface area contributed by atoms with Crippen LogP contribution in [0, 0.1) is 6.92 Å². The molecule has 0 aliphatic carbocycles. The van der Waals surface area contributed by atoms with Gasteiger partial charge >= 0.3 is 0 Å². The van der Waals surface area contributed by atoms with Crippen LogP contribution in [-0.2, 0) is 0 Å². The number of anilines is 2. The van der Waals surface area contributed by atoms with Gasteiger partial charge in [0.15, 0.2) is 0 Å². The summed E-state index contributed by atoms with van der Waals surface area (Å²) in [5.41, 5.74) is 7.51. The summed E-state index contributed by atoms with van der Waals surface area (Å²) in [5, 5.41) is 3.12. The van der Waals surface area contributed by atoms with Gasteiger partial charge in [-0.15, -0.1) is 0 Å². The second-order valence-corrected chi connectivity index (χ2v) is 4.38. The normalized spacial score (nSPS) is 10.1. The Morgan fingerprint density at radius 1 is 1.33 bits per heavy atom. The van der Waals surface area contributed by atoms with Crippen LogP contribution in [0.15, 0.2) is 36.5 Å². The minimum Gasteiger partial charge on any atom is -0.399 e. The average Bonchev–Trinajstić information content (AvgIpc) is 2.27. The Bertz CT molecular complexity index is 578. The van der Waals surface area contributed by atoms with Crippen molar-refractivity contribution in [3.05, 3.63) is 52.7 Å². The highest BCUT2D eigenvalue weighted by Gasteiger charge is 2.08. The van der Waals surface area contributed by atoms with E-state index < -0.39 is 0 Å². The Hall–Kier alpha value is -2.07. The van der Waals surface area contributed by atoms with Crippen LogP contribution in [0.5, 0.6) is 0 Å². The van der Waals surface area contributed by atoms with E-state index in [1.54, 1.807) is 30.5 Å². The molecule has 2 aromatic rings. The van der Waals surface area contributed by atoms with E-state index in [-0.39, 0.29) is 5.91 Å². The Kier molecular flexibility index (Phi) is 3.48. The molecule has 1 aromatic carbocycles. The van der Waals surface area contributed by atoms with Gasteiger partial charge in [-0.25, -0.2) is 4.98 Å². The van der Waals surface area contributed by atoms with Crippen LogP contribution in [-0.4, -0.2) is 10.9 Å². The predicted octanol–water partition coefficient (Wildman–Crippen LogP) is 2.88. The zero-order chi connectivity index (χ0) is 13.1. The van der Waals surface area contributed by atoms with E-state index in [9.17, 15) is 4.79 Å². The van der Waals surface area contributed by atoms with E-state index in [0.717, 1.165) is 5.56 Å². The molecule has 0 bridgehead atoms. The number of carbonyl (C=O) groups is 1. The molecule has 0 unspecified atom stereocenters. The molecular formula is C13H12ClN3O. The van der Waals surface area contributed by atoms with Crippen molar-refractivity contribution in [2.75, 3.05) is 11.1 Å². The van der Waals surface area contributed by atoms with Crippen LogP contribution in [0.25, 0.3) is 0 Å². The predicted molar refractivity (Wildman–Crippen MR) is 72.8 cm³/mol. The van der Waals surface area contributed by atoms with Crippen molar-refractivity contribution in [2.24, 2.45) is 0 Å². The number of nitrogens with one attached hydrogen (secondary N) is 1. The minimum atomic E-state index is -0.290. The number of aromatic nitrogens is 1. The van der Waals surface area contributed by atoms with Crippen LogP contribution in [0.4, 0.5) is 11.5 Å². The van der Waals surface area contributed by atoms with E-state index in [4.69, 9.17) is 17.3 Å². The molecule has 4 nitrogen and oxygen atoms in total. The third kappa shape index (κ3) is 2.99. The Morgan fingerprint density at radius 3 is 2.78 bits per heavy atom. The SMILES string of the molecule is Cc1ccnc(NC(=O)c2cc(N)cc(Cl)c2)c1. The van der Waals surface area contributed by atoms with Crippen molar-refractivity contribution in [3.63, 3.8) is 0 Å². The number of pyridine rings is 1. The molecule has 0 spiro atoms. The first-order valence-corrected chi connectivity index (χ1v) is 5.72. The van der Waals surface area contributed by atoms with E-state index in [2.05, 4.69) is 10.3 Å². The lowest BCUT2D eigenvalue weighted by molar-refractivity contribution is 0.102. The van der Waals surface area contributed by atoms with E-state index >= 15 is 0 Å². The summed E-state index contributed by atoms with van der Waals surface area (Å²) in [4.78, 5) is 16.0. The molecule has 5 heteroatoms. The standard InChI is InChI=1S/C13H12ClN3O/c1-8-2-3-16-12(4-8)17-13(18)9-5-10(14)7-11(15)6-9/h2-7H,15H2,1H3,(H,16,17,18). The molecule has 1 heterocycles. The molecule has 0 atom stereocenters. The number of nitrogens with two attached hydrogens (primary N) is 1. The third-order valence-electron chi connectivity index (χ3n) is 2.34. The van der Waals surface area contributed by atoms with Gasteiger partial charge in [0.1, 0.15) is 5.82 Å². The maximum atomic E-state index is 12.0. The molecule has 92 valence electrons. The highest BCUT2D eigenvalue weighted by Crippen LogP contribution is 2.17. The molecule has 1 aromatic heterocycles. The maximum absolute atomic E-state index is 12.0. The number of hydrogen-bond donors (Lipinski definition) is 2.